The maximum absolute atomic E-state index is 6.00. The Balaban J connectivity index is 3.08. The molecule has 0 aliphatic rings. The highest BCUT2D eigenvalue weighted by atomic mass is 14.9. The molecule has 1 aromatic heterocycles. The lowest BCUT2D eigenvalue weighted by atomic mass is 10.1. The van der Waals surface area contributed by atoms with Crippen molar-refractivity contribution in [1.82, 2.24) is 9.97 Å². The normalized spacial score (nSPS) is 13.1. The minimum Gasteiger partial charge on any atom is -0.321 e. The molecule has 0 spiro atoms. The first-order valence-electron chi connectivity index (χ1n) is 6.21. The van der Waals surface area contributed by atoms with Crippen LogP contribution in [0.1, 0.15) is 69.7 Å². The van der Waals surface area contributed by atoms with E-state index in [2.05, 4.69) is 43.7 Å². The van der Waals surface area contributed by atoms with Gasteiger partial charge in [0.15, 0.2) is 0 Å². The Morgan fingerprint density at radius 1 is 1.25 bits per heavy atom. The van der Waals surface area contributed by atoms with Gasteiger partial charge < -0.3 is 5.73 Å². The van der Waals surface area contributed by atoms with Crippen LogP contribution in [0.4, 0.5) is 0 Å². The van der Waals surface area contributed by atoms with Gasteiger partial charge in [0.1, 0.15) is 5.82 Å². The van der Waals surface area contributed by atoms with Crippen LogP contribution in [0, 0.1) is 0 Å². The Morgan fingerprint density at radius 3 is 2.44 bits per heavy atom. The van der Waals surface area contributed by atoms with Gasteiger partial charge in [-0.25, -0.2) is 9.97 Å². The zero-order valence-corrected chi connectivity index (χ0v) is 10.8. The van der Waals surface area contributed by atoms with Crippen molar-refractivity contribution in [3.63, 3.8) is 0 Å². The highest BCUT2D eigenvalue weighted by molar-refractivity contribution is 5.15. The van der Waals surface area contributed by atoms with Crippen molar-refractivity contribution in [1.29, 1.82) is 0 Å². The molecule has 0 aromatic carbocycles. The Labute approximate surface area is 98.5 Å². The van der Waals surface area contributed by atoms with E-state index in [1.807, 2.05) is 0 Å². The lowest BCUT2D eigenvalue weighted by molar-refractivity contribution is 0.627. The van der Waals surface area contributed by atoms with Crippen molar-refractivity contribution in [3.05, 3.63) is 23.3 Å². The number of aromatic nitrogens is 2. The maximum atomic E-state index is 6.00. The van der Waals surface area contributed by atoms with Crippen LogP contribution in [-0.2, 0) is 6.42 Å². The SMILES string of the molecule is CCCc1cc(C(C)C)nc(C(N)CC)n1. The molecule has 1 unspecified atom stereocenters. The van der Waals surface area contributed by atoms with Gasteiger partial charge in [0.25, 0.3) is 0 Å². The van der Waals surface area contributed by atoms with E-state index >= 15 is 0 Å². The van der Waals surface area contributed by atoms with Gasteiger partial charge in [-0.05, 0) is 24.8 Å². The van der Waals surface area contributed by atoms with Gasteiger partial charge in [0.2, 0.25) is 0 Å². The summed E-state index contributed by atoms with van der Waals surface area (Å²) in [5.74, 6) is 1.23. The zero-order valence-electron chi connectivity index (χ0n) is 10.8. The summed E-state index contributed by atoms with van der Waals surface area (Å²) in [5.41, 5.74) is 8.24. The van der Waals surface area contributed by atoms with Crippen molar-refractivity contribution in [3.8, 4) is 0 Å². The number of nitrogens with two attached hydrogens (primary N) is 1. The lowest BCUT2D eigenvalue weighted by Crippen LogP contribution is -2.15. The molecule has 0 saturated heterocycles. The largest absolute Gasteiger partial charge is 0.321 e. The molecule has 1 aromatic rings. The molecule has 1 atom stereocenters. The van der Waals surface area contributed by atoms with E-state index in [0.717, 1.165) is 36.5 Å². The van der Waals surface area contributed by atoms with Gasteiger partial charge in [-0.2, -0.15) is 0 Å². The van der Waals surface area contributed by atoms with E-state index in [9.17, 15) is 0 Å². The molecule has 0 amide bonds. The smallest absolute Gasteiger partial charge is 0.145 e. The monoisotopic (exact) mass is 221 g/mol. The minimum absolute atomic E-state index is 0.0330. The number of rotatable bonds is 5. The van der Waals surface area contributed by atoms with E-state index in [1.165, 1.54) is 0 Å². The molecule has 0 fully saturated rings. The van der Waals surface area contributed by atoms with Crippen LogP contribution in [0.25, 0.3) is 0 Å². The summed E-state index contributed by atoms with van der Waals surface area (Å²) in [6.45, 7) is 8.53. The molecule has 16 heavy (non-hydrogen) atoms. The van der Waals surface area contributed by atoms with Crippen LogP contribution in [0.15, 0.2) is 6.07 Å². The Morgan fingerprint density at radius 2 is 1.94 bits per heavy atom. The quantitative estimate of drug-likeness (QED) is 0.831. The van der Waals surface area contributed by atoms with Crippen LogP contribution < -0.4 is 5.73 Å². The fraction of sp³-hybridized carbons (Fsp3) is 0.692. The lowest BCUT2D eigenvalue weighted by Gasteiger charge is -2.13. The van der Waals surface area contributed by atoms with Gasteiger partial charge in [-0.15, -0.1) is 0 Å². The third-order valence-electron chi connectivity index (χ3n) is 2.69. The summed E-state index contributed by atoms with van der Waals surface area (Å²) in [6, 6.07) is 2.08. The molecular formula is C13H23N3. The Bertz CT molecular complexity index is 334. The molecule has 1 rings (SSSR count). The first-order chi connectivity index (χ1) is 7.58. The Kier molecular flexibility index (Phi) is 4.87. The second-order valence-corrected chi connectivity index (χ2v) is 4.56. The van der Waals surface area contributed by atoms with Crippen molar-refractivity contribution >= 4 is 0 Å². The fourth-order valence-electron chi connectivity index (χ4n) is 1.57. The second kappa shape index (κ2) is 5.94. The molecule has 0 saturated carbocycles. The predicted octanol–water partition coefficient (Wildman–Crippen LogP) is 2.96. The van der Waals surface area contributed by atoms with Crippen molar-refractivity contribution in [2.45, 2.75) is 58.9 Å². The standard InChI is InChI=1S/C13H23N3/c1-5-7-10-8-12(9(3)4)16-13(15-10)11(14)6-2/h8-9,11H,5-7,14H2,1-4H3. The maximum Gasteiger partial charge on any atom is 0.145 e. The molecule has 1 heterocycles. The summed E-state index contributed by atoms with van der Waals surface area (Å²) in [7, 11) is 0. The summed E-state index contributed by atoms with van der Waals surface area (Å²) >= 11 is 0. The number of hydrogen-bond donors (Lipinski definition) is 1. The summed E-state index contributed by atoms with van der Waals surface area (Å²) < 4.78 is 0. The van der Waals surface area contributed by atoms with Crippen LogP contribution in [0.5, 0.6) is 0 Å². The average Bonchev–Trinajstić information content (AvgIpc) is 2.28. The van der Waals surface area contributed by atoms with E-state index in [0.29, 0.717) is 5.92 Å². The number of nitrogens with zero attached hydrogens (tertiary/aromatic N) is 2. The zero-order chi connectivity index (χ0) is 12.1. The van der Waals surface area contributed by atoms with Gasteiger partial charge in [0.05, 0.1) is 6.04 Å². The summed E-state index contributed by atoms with van der Waals surface area (Å²) in [5, 5.41) is 0. The molecule has 0 bridgehead atoms. The molecule has 3 nitrogen and oxygen atoms in total. The van der Waals surface area contributed by atoms with E-state index < -0.39 is 0 Å². The van der Waals surface area contributed by atoms with Crippen molar-refractivity contribution < 1.29 is 0 Å². The van der Waals surface area contributed by atoms with Crippen LogP contribution in [0.2, 0.25) is 0 Å². The first-order valence-corrected chi connectivity index (χ1v) is 6.21. The molecule has 0 aliphatic heterocycles. The molecule has 0 radical (unpaired) electrons. The number of hydrogen-bond acceptors (Lipinski definition) is 3. The van der Waals surface area contributed by atoms with Crippen LogP contribution >= 0.6 is 0 Å². The summed E-state index contributed by atoms with van der Waals surface area (Å²) in [4.78, 5) is 9.09. The highest BCUT2D eigenvalue weighted by Gasteiger charge is 2.11. The predicted molar refractivity (Wildman–Crippen MR) is 67.3 cm³/mol. The topological polar surface area (TPSA) is 51.8 Å². The summed E-state index contributed by atoms with van der Waals surface area (Å²) in [6.07, 6.45) is 2.99. The van der Waals surface area contributed by atoms with Gasteiger partial charge in [-0.1, -0.05) is 34.1 Å². The third-order valence-corrected chi connectivity index (χ3v) is 2.69. The molecule has 3 heteroatoms. The first kappa shape index (κ1) is 13.1. The van der Waals surface area contributed by atoms with E-state index in [-0.39, 0.29) is 6.04 Å². The highest BCUT2D eigenvalue weighted by Crippen LogP contribution is 2.17. The minimum atomic E-state index is -0.0330. The van der Waals surface area contributed by atoms with Crippen molar-refractivity contribution in [2.24, 2.45) is 5.73 Å². The number of aryl methyl sites for hydroxylation is 1. The van der Waals surface area contributed by atoms with E-state index in [1.54, 1.807) is 0 Å². The second-order valence-electron chi connectivity index (χ2n) is 4.56. The van der Waals surface area contributed by atoms with Gasteiger partial charge >= 0.3 is 0 Å². The Hall–Kier alpha value is -0.960. The molecule has 2 N–H and O–H groups in total. The third kappa shape index (κ3) is 3.27. The molecule has 0 aliphatic carbocycles. The van der Waals surface area contributed by atoms with Crippen molar-refractivity contribution in [2.75, 3.05) is 0 Å². The van der Waals surface area contributed by atoms with Crippen LogP contribution in [-0.4, -0.2) is 9.97 Å². The average molecular weight is 221 g/mol. The molecule has 90 valence electrons. The van der Waals surface area contributed by atoms with Gasteiger partial charge in [0, 0.05) is 11.4 Å². The van der Waals surface area contributed by atoms with Gasteiger partial charge in [-0.3, -0.25) is 0 Å². The fourth-order valence-corrected chi connectivity index (χ4v) is 1.57. The molecular weight excluding hydrogens is 198 g/mol. The van der Waals surface area contributed by atoms with E-state index in [4.69, 9.17) is 5.73 Å². The van der Waals surface area contributed by atoms with Crippen LogP contribution in [0.3, 0.4) is 0 Å².